The van der Waals surface area contributed by atoms with Gasteiger partial charge < -0.3 is 24.1 Å². The number of esters is 2. The molecule has 2 fully saturated rings. The molecule has 1 aromatic rings. The van der Waals surface area contributed by atoms with Gasteiger partial charge in [0.2, 0.25) is 0 Å². The molecule has 2 N–H and O–H groups in total. The molecule has 2 heterocycles. The van der Waals surface area contributed by atoms with Crippen LogP contribution in [-0.4, -0.2) is 41.5 Å². The predicted molar refractivity (Wildman–Crippen MR) is 101 cm³/mol. The third-order valence-electron chi connectivity index (χ3n) is 7.49. The van der Waals surface area contributed by atoms with Gasteiger partial charge in [0, 0.05) is 18.9 Å². The van der Waals surface area contributed by atoms with E-state index >= 15 is 0 Å². The number of rotatable bonds is 4. The highest BCUT2D eigenvalue weighted by atomic mass is 16.6. The molecular formula is C22H28O7. The quantitative estimate of drug-likeness (QED) is 0.587. The zero-order chi connectivity index (χ0) is 20.8. The largest absolute Gasteiger partial charge is 0.472 e. The predicted octanol–water partition coefficient (Wildman–Crippen LogP) is 2.53. The van der Waals surface area contributed by atoms with Gasteiger partial charge in [-0.1, -0.05) is 13.0 Å². The zero-order valence-electron chi connectivity index (χ0n) is 16.8. The van der Waals surface area contributed by atoms with Crippen molar-refractivity contribution in [1.29, 1.82) is 0 Å². The summed E-state index contributed by atoms with van der Waals surface area (Å²) in [5, 5.41) is 21.3. The maximum absolute atomic E-state index is 13.4. The lowest BCUT2D eigenvalue weighted by molar-refractivity contribution is -0.185. The number of carbonyl (C=O) groups excluding carboxylic acids is 2. The van der Waals surface area contributed by atoms with Crippen molar-refractivity contribution in [2.75, 3.05) is 13.2 Å². The summed E-state index contributed by atoms with van der Waals surface area (Å²) in [6.45, 7) is 3.00. The molecule has 7 heteroatoms. The molecule has 1 aromatic heterocycles. The average molecular weight is 404 g/mol. The van der Waals surface area contributed by atoms with Gasteiger partial charge in [-0.15, -0.1) is 0 Å². The summed E-state index contributed by atoms with van der Waals surface area (Å²) in [7, 11) is 0. The fourth-order valence-corrected chi connectivity index (χ4v) is 6.08. The minimum absolute atomic E-state index is 0.0569. The summed E-state index contributed by atoms with van der Waals surface area (Å²) in [6.07, 6.45) is 6.01. The Balaban J connectivity index is 1.80. The van der Waals surface area contributed by atoms with Gasteiger partial charge in [0.1, 0.15) is 12.7 Å². The Kier molecular flexibility index (Phi) is 5.07. The molecule has 6 atom stereocenters. The molecule has 29 heavy (non-hydrogen) atoms. The van der Waals surface area contributed by atoms with Crippen LogP contribution in [0.3, 0.4) is 0 Å². The molecule has 158 valence electrons. The van der Waals surface area contributed by atoms with Gasteiger partial charge in [0.25, 0.3) is 0 Å². The smallest absolute Gasteiger partial charge is 0.313 e. The molecule has 2 aliphatic carbocycles. The highest BCUT2D eigenvalue weighted by molar-refractivity contribution is 5.81. The lowest BCUT2D eigenvalue weighted by Gasteiger charge is -2.58. The van der Waals surface area contributed by atoms with Crippen molar-refractivity contribution in [3.05, 3.63) is 35.8 Å². The molecular weight excluding hydrogens is 376 g/mol. The van der Waals surface area contributed by atoms with E-state index in [1.165, 1.54) is 6.92 Å². The van der Waals surface area contributed by atoms with Gasteiger partial charge in [-0.05, 0) is 42.7 Å². The third kappa shape index (κ3) is 2.86. The molecule has 0 bridgehead atoms. The van der Waals surface area contributed by atoms with Gasteiger partial charge in [0.05, 0.1) is 36.1 Å². The first kappa shape index (κ1) is 20.2. The normalized spacial score (nSPS) is 39.0. The van der Waals surface area contributed by atoms with E-state index in [4.69, 9.17) is 13.9 Å². The second-order valence-electron chi connectivity index (χ2n) is 8.69. The highest BCUT2D eigenvalue weighted by Crippen LogP contribution is 2.65. The van der Waals surface area contributed by atoms with Crippen LogP contribution in [0.15, 0.2) is 34.7 Å². The van der Waals surface area contributed by atoms with Gasteiger partial charge in [-0.3, -0.25) is 9.59 Å². The third-order valence-corrected chi connectivity index (χ3v) is 7.49. The fourth-order valence-electron chi connectivity index (χ4n) is 6.08. The number of fused-ring (bicyclic) bond motifs is 2. The van der Waals surface area contributed by atoms with Gasteiger partial charge in [0.15, 0.2) is 0 Å². The van der Waals surface area contributed by atoms with Crippen LogP contribution in [0.1, 0.15) is 51.2 Å². The summed E-state index contributed by atoms with van der Waals surface area (Å²) in [5.41, 5.74) is -0.355. The molecule has 0 amide bonds. The van der Waals surface area contributed by atoms with Crippen LogP contribution in [0.25, 0.3) is 0 Å². The van der Waals surface area contributed by atoms with Gasteiger partial charge >= 0.3 is 11.9 Å². The van der Waals surface area contributed by atoms with Crippen molar-refractivity contribution in [2.45, 2.75) is 51.7 Å². The van der Waals surface area contributed by atoms with E-state index in [9.17, 15) is 19.8 Å². The molecule has 3 aliphatic rings. The van der Waals surface area contributed by atoms with Crippen molar-refractivity contribution in [3.8, 4) is 0 Å². The summed E-state index contributed by atoms with van der Waals surface area (Å²) < 4.78 is 16.4. The van der Waals surface area contributed by atoms with Gasteiger partial charge in [-0.2, -0.15) is 0 Å². The van der Waals surface area contributed by atoms with Crippen LogP contribution >= 0.6 is 0 Å². The first-order valence-corrected chi connectivity index (χ1v) is 10.2. The topological polar surface area (TPSA) is 106 Å². The molecule has 1 saturated carbocycles. The number of allylic oxidation sites excluding steroid dienone is 1. The van der Waals surface area contributed by atoms with Crippen LogP contribution in [-0.2, 0) is 19.1 Å². The highest BCUT2D eigenvalue weighted by Gasteiger charge is 2.68. The molecule has 7 nitrogen and oxygen atoms in total. The summed E-state index contributed by atoms with van der Waals surface area (Å²) in [4.78, 5) is 25.0. The fraction of sp³-hybridized carbons (Fsp3) is 0.636. The van der Waals surface area contributed by atoms with E-state index < -0.39 is 29.0 Å². The maximum atomic E-state index is 13.4. The maximum Gasteiger partial charge on any atom is 0.313 e. The second-order valence-corrected chi connectivity index (χ2v) is 8.69. The SMILES string of the molecule is CC(=O)OC[C@]12C(CO)=CCC[C@@H]1[C@@]1(C[C@@H](c3ccoc3)OC1=O)[C@H](C)C[C@H]2O. The molecule has 0 aromatic carbocycles. The van der Waals surface area contributed by atoms with Crippen LogP contribution in [0.2, 0.25) is 0 Å². The molecule has 1 spiro atoms. The second kappa shape index (κ2) is 7.29. The minimum atomic E-state index is -0.991. The molecule has 0 radical (unpaired) electrons. The monoisotopic (exact) mass is 404 g/mol. The Morgan fingerprint density at radius 2 is 2.21 bits per heavy atom. The lowest BCUT2D eigenvalue weighted by atomic mass is 9.45. The summed E-state index contributed by atoms with van der Waals surface area (Å²) in [5.74, 6) is -1.15. The Morgan fingerprint density at radius 3 is 2.86 bits per heavy atom. The Bertz CT molecular complexity index is 813. The number of cyclic esters (lactones) is 1. The average Bonchev–Trinajstić information content (AvgIpc) is 3.33. The van der Waals surface area contributed by atoms with Crippen molar-refractivity contribution < 1.29 is 33.7 Å². The first-order chi connectivity index (χ1) is 13.9. The van der Waals surface area contributed by atoms with Crippen molar-refractivity contribution >= 4 is 11.9 Å². The lowest BCUT2D eigenvalue weighted by Crippen LogP contribution is -2.62. The number of carbonyl (C=O) groups is 2. The number of furan rings is 1. The Morgan fingerprint density at radius 1 is 1.41 bits per heavy atom. The standard InChI is InChI=1S/C22H28O7/c1-13-8-19(25)22(12-28-14(2)24)16(10-23)4-3-5-18(22)21(13)9-17(29-20(21)26)15-6-7-27-11-15/h4,6-7,11,13,17-19,23,25H,3,5,8-10,12H2,1-2H3/t13-,17+,18-,19-,21-,22+/m1/s1. The van der Waals surface area contributed by atoms with Crippen LogP contribution in [0.5, 0.6) is 0 Å². The zero-order valence-corrected chi connectivity index (χ0v) is 16.8. The van der Waals surface area contributed by atoms with Gasteiger partial charge in [-0.25, -0.2) is 0 Å². The Labute approximate surface area is 169 Å². The van der Waals surface area contributed by atoms with E-state index in [0.29, 0.717) is 31.3 Å². The molecule has 0 unspecified atom stereocenters. The van der Waals surface area contributed by atoms with E-state index in [0.717, 1.165) is 5.56 Å². The molecule has 1 aliphatic heterocycles. The van der Waals surface area contributed by atoms with Crippen molar-refractivity contribution in [2.24, 2.45) is 22.7 Å². The van der Waals surface area contributed by atoms with Crippen molar-refractivity contribution in [1.82, 2.24) is 0 Å². The number of aliphatic hydroxyl groups excluding tert-OH is 2. The van der Waals surface area contributed by atoms with E-state index in [1.54, 1.807) is 18.6 Å². The minimum Gasteiger partial charge on any atom is -0.472 e. The summed E-state index contributed by atoms with van der Waals surface area (Å²) in [6, 6.07) is 1.80. The number of ether oxygens (including phenoxy) is 2. The van der Waals surface area contributed by atoms with Crippen LogP contribution in [0, 0.1) is 22.7 Å². The summed E-state index contributed by atoms with van der Waals surface area (Å²) >= 11 is 0. The van der Waals surface area contributed by atoms with E-state index in [2.05, 4.69) is 0 Å². The molecule has 4 rings (SSSR count). The number of hydrogen-bond donors (Lipinski definition) is 2. The van der Waals surface area contributed by atoms with E-state index in [1.807, 2.05) is 13.0 Å². The van der Waals surface area contributed by atoms with E-state index in [-0.39, 0.29) is 31.0 Å². The number of aliphatic hydroxyl groups is 2. The van der Waals surface area contributed by atoms with Crippen LogP contribution < -0.4 is 0 Å². The first-order valence-electron chi connectivity index (χ1n) is 10.2. The van der Waals surface area contributed by atoms with Crippen LogP contribution in [0.4, 0.5) is 0 Å². The van der Waals surface area contributed by atoms with Crippen molar-refractivity contribution in [3.63, 3.8) is 0 Å². The molecule has 1 saturated heterocycles. The number of hydrogen-bond acceptors (Lipinski definition) is 7. The Hall–Kier alpha value is -2.12.